The number of benzene rings is 2. The molecule has 0 aliphatic rings. The lowest BCUT2D eigenvalue weighted by atomic mass is 10.1. The predicted molar refractivity (Wildman–Crippen MR) is 98.4 cm³/mol. The summed E-state index contributed by atoms with van der Waals surface area (Å²) < 4.78 is 0. The van der Waals surface area contributed by atoms with Crippen LogP contribution in [0.15, 0.2) is 54.6 Å². The van der Waals surface area contributed by atoms with Gasteiger partial charge in [-0.1, -0.05) is 54.6 Å². The van der Waals surface area contributed by atoms with Crippen LogP contribution in [-0.2, 0) is 17.9 Å². The zero-order valence-corrected chi connectivity index (χ0v) is 14.6. The average molecular weight is 325 g/mol. The van der Waals surface area contributed by atoms with Crippen molar-refractivity contribution in [2.75, 3.05) is 26.7 Å². The summed E-state index contributed by atoms with van der Waals surface area (Å²) in [7, 11) is 1.86. The lowest BCUT2D eigenvalue weighted by Gasteiger charge is -2.25. The minimum absolute atomic E-state index is 0.114. The minimum atomic E-state index is 0.114. The van der Waals surface area contributed by atoms with Crippen LogP contribution in [0.1, 0.15) is 16.7 Å². The number of hydrogen-bond acceptors (Lipinski definition) is 3. The van der Waals surface area contributed by atoms with Crippen LogP contribution in [0.3, 0.4) is 0 Å². The number of nitrogens with zero attached hydrogens (tertiary/aromatic N) is 2. The Kier molecular flexibility index (Phi) is 6.97. The van der Waals surface area contributed by atoms with Gasteiger partial charge in [-0.3, -0.25) is 9.69 Å². The first-order valence-corrected chi connectivity index (χ1v) is 8.35. The topological polar surface area (TPSA) is 49.6 Å². The lowest BCUT2D eigenvalue weighted by molar-refractivity contribution is -0.131. The van der Waals surface area contributed by atoms with Crippen molar-refractivity contribution in [3.63, 3.8) is 0 Å². The van der Waals surface area contributed by atoms with E-state index in [1.165, 1.54) is 16.7 Å². The first-order valence-electron chi connectivity index (χ1n) is 8.35. The molecule has 0 fully saturated rings. The molecular formula is C20H27N3O. The monoisotopic (exact) mass is 325 g/mol. The highest BCUT2D eigenvalue weighted by atomic mass is 16.2. The van der Waals surface area contributed by atoms with Crippen LogP contribution in [0.4, 0.5) is 0 Å². The highest BCUT2D eigenvalue weighted by Crippen LogP contribution is 2.10. The molecular weight excluding hydrogens is 298 g/mol. The molecule has 0 heterocycles. The molecule has 1 amide bonds. The van der Waals surface area contributed by atoms with E-state index in [1.54, 1.807) is 4.90 Å². The molecule has 0 aliphatic carbocycles. The molecule has 128 valence electrons. The second-order valence-corrected chi connectivity index (χ2v) is 6.16. The Morgan fingerprint density at radius 2 is 1.67 bits per heavy atom. The lowest BCUT2D eigenvalue weighted by Crippen LogP contribution is -2.40. The van der Waals surface area contributed by atoms with Crippen molar-refractivity contribution in [3.05, 3.63) is 71.3 Å². The Hall–Kier alpha value is -2.17. The highest BCUT2D eigenvalue weighted by molar-refractivity contribution is 5.78. The Morgan fingerprint density at radius 3 is 2.33 bits per heavy atom. The van der Waals surface area contributed by atoms with Crippen LogP contribution in [-0.4, -0.2) is 42.4 Å². The molecule has 2 N–H and O–H groups in total. The molecule has 0 saturated carbocycles. The quantitative estimate of drug-likeness (QED) is 0.811. The van der Waals surface area contributed by atoms with Gasteiger partial charge in [0.15, 0.2) is 0 Å². The Bertz CT molecular complexity index is 642. The van der Waals surface area contributed by atoms with E-state index in [0.29, 0.717) is 26.2 Å². The fourth-order valence-electron chi connectivity index (χ4n) is 2.68. The van der Waals surface area contributed by atoms with Crippen LogP contribution >= 0.6 is 0 Å². The van der Waals surface area contributed by atoms with Gasteiger partial charge in [-0.05, 0) is 23.6 Å². The number of hydrogen-bond donors (Lipinski definition) is 1. The SMILES string of the molecule is Cc1ccccc1CN(C)C(=O)CN(CCN)Cc1ccccc1. The summed E-state index contributed by atoms with van der Waals surface area (Å²) in [5.74, 6) is 0.114. The van der Waals surface area contributed by atoms with Gasteiger partial charge in [0.2, 0.25) is 5.91 Å². The molecule has 0 aliphatic heterocycles. The van der Waals surface area contributed by atoms with Crippen LogP contribution in [0.25, 0.3) is 0 Å². The molecule has 0 spiro atoms. The van der Waals surface area contributed by atoms with Crippen molar-refractivity contribution in [1.29, 1.82) is 0 Å². The second kappa shape index (κ2) is 9.21. The average Bonchev–Trinajstić information content (AvgIpc) is 2.58. The molecule has 0 saturated heterocycles. The zero-order valence-electron chi connectivity index (χ0n) is 14.6. The molecule has 2 rings (SSSR count). The van der Waals surface area contributed by atoms with E-state index < -0.39 is 0 Å². The van der Waals surface area contributed by atoms with Gasteiger partial charge in [-0.15, -0.1) is 0 Å². The minimum Gasteiger partial charge on any atom is -0.340 e. The molecule has 0 bridgehead atoms. The molecule has 24 heavy (non-hydrogen) atoms. The molecule has 2 aromatic rings. The standard InChI is InChI=1S/C20H27N3O/c1-17-8-6-7-11-19(17)15-22(2)20(24)16-23(13-12-21)14-18-9-4-3-5-10-18/h3-11H,12-16,21H2,1-2H3. The van der Waals surface area contributed by atoms with Gasteiger partial charge in [0, 0.05) is 33.2 Å². The van der Waals surface area contributed by atoms with E-state index in [9.17, 15) is 4.79 Å². The smallest absolute Gasteiger partial charge is 0.236 e. The third kappa shape index (κ3) is 5.48. The summed E-state index contributed by atoms with van der Waals surface area (Å²) in [6.07, 6.45) is 0. The molecule has 0 radical (unpaired) electrons. The number of aryl methyl sites for hydroxylation is 1. The van der Waals surface area contributed by atoms with E-state index in [-0.39, 0.29) is 5.91 Å². The van der Waals surface area contributed by atoms with E-state index in [2.05, 4.69) is 36.1 Å². The summed E-state index contributed by atoms with van der Waals surface area (Å²) in [5, 5.41) is 0. The Morgan fingerprint density at radius 1 is 1.00 bits per heavy atom. The molecule has 4 heteroatoms. The van der Waals surface area contributed by atoms with Crippen molar-refractivity contribution < 1.29 is 4.79 Å². The molecule has 4 nitrogen and oxygen atoms in total. The third-order valence-electron chi connectivity index (χ3n) is 4.15. The number of amides is 1. The summed E-state index contributed by atoms with van der Waals surface area (Å²) in [4.78, 5) is 16.5. The fourth-order valence-corrected chi connectivity index (χ4v) is 2.68. The maximum Gasteiger partial charge on any atom is 0.236 e. The van der Waals surface area contributed by atoms with Gasteiger partial charge in [0.1, 0.15) is 0 Å². The summed E-state index contributed by atoms with van der Waals surface area (Å²) in [6, 6.07) is 18.4. The van der Waals surface area contributed by atoms with Crippen molar-refractivity contribution in [3.8, 4) is 0 Å². The van der Waals surface area contributed by atoms with Crippen LogP contribution in [0, 0.1) is 6.92 Å². The van der Waals surface area contributed by atoms with Crippen LogP contribution in [0.2, 0.25) is 0 Å². The summed E-state index contributed by atoms with van der Waals surface area (Å²) in [5.41, 5.74) is 9.30. The van der Waals surface area contributed by atoms with Crippen molar-refractivity contribution in [2.45, 2.75) is 20.0 Å². The van der Waals surface area contributed by atoms with Crippen LogP contribution < -0.4 is 5.73 Å². The second-order valence-electron chi connectivity index (χ2n) is 6.16. The molecule has 0 unspecified atom stereocenters. The van der Waals surface area contributed by atoms with Gasteiger partial charge in [-0.2, -0.15) is 0 Å². The van der Waals surface area contributed by atoms with Gasteiger partial charge >= 0.3 is 0 Å². The Labute approximate surface area is 144 Å². The van der Waals surface area contributed by atoms with Gasteiger partial charge < -0.3 is 10.6 Å². The van der Waals surface area contributed by atoms with Crippen LogP contribution in [0.5, 0.6) is 0 Å². The predicted octanol–water partition coefficient (Wildman–Crippen LogP) is 2.41. The van der Waals surface area contributed by atoms with Gasteiger partial charge in [0.05, 0.1) is 6.54 Å². The first kappa shape index (κ1) is 18.2. The summed E-state index contributed by atoms with van der Waals surface area (Å²) in [6.45, 7) is 5.08. The first-order chi connectivity index (χ1) is 11.6. The fraction of sp³-hybridized carbons (Fsp3) is 0.350. The highest BCUT2D eigenvalue weighted by Gasteiger charge is 2.15. The number of nitrogens with two attached hydrogens (primary N) is 1. The molecule has 0 atom stereocenters. The van der Waals surface area contributed by atoms with E-state index in [0.717, 1.165) is 6.54 Å². The zero-order chi connectivity index (χ0) is 17.4. The Balaban J connectivity index is 1.95. The van der Waals surface area contributed by atoms with E-state index in [1.807, 2.05) is 37.4 Å². The largest absolute Gasteiger partial charge is 0.340 e. The number of carbonyl (C=O) groups excluding carboxylic acids is 1. The number of likely N-dealkylation sites (N-methyl/N-ethyl adjacent to an activating group) is 1. The van der Waals surface area contributed by atoms with Crippen molar-refractivity contribution in [2.24, 2.45) is 5.73 Å². The normalized spacial score (nSPS) is 10.8. The van der Waals surface area contributed by atoms with Gasteiger partial charge in [0.25, 0.3) is 0 Å². The van der Waals surface area contributed by atoms with E-state index in [4.69, 9.17) is 5.73 Å². The third-order valence-corrected chi connectivity index (χ3v) is 4.15. The maximum absolute atomic E-state index is 12.6. The molecule has 0 aromatic heterocycles. The van der Waals surface area contributed by atoms with Crippen molar-refractivity contribution >= 4 is 5.91 Å². The molecule has 2 aromatic carbocycles. The van der Waals surface area contributed by atoms with Gasteiger partial charge in [-0.25, -0.2) is 0 Å². The van der Waals surface area contributed by atoms with Crippen molar-refractivity contribution in [1.82, 2.24) is 9.80 Å². The number of rotatable bonds is 8. The maximum atomic E-state index is 12.6. The van der Waals surface area contributed by atoms with E-state index >= 15 is 0 Å². The number of carbonyl (C=O) groups is 1. The summed E-state index contributed by atoms with van der Waals surface area (Å²) >= 11 is 0.